The predicted molar refractivity (Wildman–Crippen MR) is 156 cm³/mol. The number of azo groups is 2. The normalized spacial score (nSPS) is 13.1. The standard InChI is InChI=1S/C27H33N6O8P/c1-4-40-42(38,39)41-14-12-32(11-13-34)23-8-6-22(7-9-23)28-31-26-16-20(3)25(17-21(26)18-35)30-29-24-10-5-19(2)15-27(24)33(36)37/h5-10,15-17,34-35H,4,11-14,18H2,1-3H3,(H,38,39)/b30-29+,31-28+. The predicted octanol–water partition coefficient (Wildman–Crippen LogP) is 6.49. The zero-order chi connectivity index (χ0) is 30.7. The van der Waals surface area contributed by atoms with Crippen molar-refractivity contribution in [2.75, 3.05) is 37.8 Å². The fourth-order valence-corrected chi connectivity index (χ4v) is 4.54. The van der Waals surface area contributed by atoms with Crippen LogP contribution in [0.5, 0.6) is 0 Å². The van der Waals surface area contributed by atoms with Gasteiger partial charge in [0, 0.05) is 30.4 Å². The largest absolute Gasteiger partial charge is 0.472 e. The van der Waals surface area contributed by atoms with Crippen LogP contribution in [0.25, 0.3) is 0 Å². The summed E-state index contributed by atoms with van der Waals surface area (Å²) in [6.45, 7) is 5.09. The van der Waals surface area contributed by atoms with Crippen molar-refractivity contribution in [2.24, 2.45) is 20.5 Å². The van der Waals surface area contributed by atoms with Crippen LogP contribution >= 0.6 is 7.82 Å². The van der Waals surface area contributed by atoms with Gasteiger partial charge in [0.05, 0.1) is 48.4 Å². The summed E-state index contributed by atoms with van der Waals surface area (Å²) in [5, 5.41) is 47.5. The van der Waals surface area contributed by atoms with Crippen LogP contribution in [-0.4, -0.2) is 52.9 Å². The summed E-state index contributed by atoms with van der Waals surface area (Å²) in [5.41, 5.74) is 3.90. The lowest BCUT2D eigenvalue weighted by Gasteiger charge is -2.24. The molecule has 0 aliphatic carbocycles. The van der Waals surface area contributed by atoms with Gasteiger partial charge in [0.2, 0.25) is 0 Å². The van der Waals surface area contributed by atoms with Gasteiger partial charge in [-0.25, -0.2) is 4.57 Å². The first kappa shape index (κ1) is 32.6. The molecule has 14 nitrogen and oxygen atoms in total. The summed E-state index contributed by atoms with van der Waals surface area (Å²) in [4.78, 5) is 22.2. The van der Waals surface area contributed by atoms with Crippen molar-refractivity contribution < 1.29 is 33.6 Å². The van der Waals surface area contributed by atoms with Gasteiger partial charge in [-0.15, -0.1) is 5.11 Å². The minimum absolute atomic E-state index is 0.0413. The Morgan fingerprint density at radius 3 is 2.24 bits per heavy atom. The fraction of sp³-hybridized carbons (Fsp3) is 0.333. The molecule has 3 aromatic carbocycles. The number of aryl methyl sites for hydroxylation is 2. The number of benzene rings is 3. The van der Waals surface area contributed by atoms with Crippen LogP contribution in [0.4, 0.5) is 34.1 Å². The Hall–Kier alpha value is -3.91. The molecule has 0 aromatic heterocycles. The van der Waals surface area contributed by atoms with Crippen LogP contribution < -0.4 is 4.90 Å². The average molecular weight is 601 g/mol. The van der Waals surface area contributed by atoms with Gasteiger partial charge in [0.25, 0.3) is 5.69 Å². The first-order chi connectivity index (χ1) is 20.1. The van der Waals surface area contributed by atoms with E-state index >= 15 is 0 Å². The number of aliphatic hydroxyl groups excluding tert-OH is 2. The van der Waals surface area contributed by atoms with E-state index in [0.717, 1.165) is 11.3 Å². The molecule has 0 heterocycles. The van der Waals surface area contributed by atoms with Gasteiger partial charge in [-0.1, -0.05) is 6.07 Å². The summed E-state index contributed by atoms with van der Waals surface area (Å²) in [6.07, 6.45) is 0. The highest BCUT2D eigenvalue weighted by Crippen LogP contribution is 2.42. The Balaban J connectivity index is 1.74. The Morgan fingerprint density at radius 1 is 0.905 bits per heavy atom. The number of hydrogen-bond acceptors (Lipinski definition) is 12. The molecule has 224 valence electrons. The maximum atomic E-state index is 11.7. The molecule has 0 saturated heterocycles. The second-order valence-electron chi connectivity index (χ2n) is 9.02. The Kier molecular flexibility index (Phi) is 11.9. The summed E-state index contributed by atoms with van der Waals surface area (Å²) < 4.78 is 21.3. The summed E-state index contributed by atoms with van der Waals surface area (Å²) >= 11 is 0. The minimum Gasteiger partial charge on any atom is -0.395 e. The van der Waals surface area contributed by atoms with Crippen molar-refractivity contribution in [1.29, 1.82) is 0 Å². The molecule has 0 radical (unpaired) electrons. The molecule has 0 fully saturated rings. The minimum atomic E-state index is -4.11. The molecule has 1 atom stereocenters. The van der Waals surface area contributed by atoms with E-state index < -0.39 is 12.7 Å². The SMILES string of the molecule is CCOP(=O)(O)OCCN(CCO)c1ccc(/N=N/c2cc(C)c(/N=N/c3ccc(C)cc3[N+](=O)[O-])cc2CO)cc1. The van der Waals surface area contributed by atoms with Crippen LogP contribution in [0.2, 0.25) is 0 Å². The second-order valence-corrected chi connectivity index (χ2v) is 10.5. The quantitative estimate of drug-likeness (QED) is 0.0757. The van der Waals surface area contributed by atoms with Crippen LogP contribution in [-0.2, 0) is 20.2 Å². The highest BCUT2D eigenvalue weighted by molar-refractivity contribution is 7.47. The highest BCUT2D eigenvalue weighted by atomic mass is 31.2. The van der Waals surface area contributed by atoms with E-state index in [4.69, 9.17) is 4.52 Å². The lowest BCUT2D eigenvalue weighted by molar-refractivity contribution is -0.384. The zero-order valence-corrected chi connectivity index (χ0v) is 24.3. The van der Waals surface area contributed by atoms with Crippen molar-refractivity contribution in [3.63, 3.8) is 0 Å². The molecule has 0 bridgehead atoms. The fourth-order valence-electron chi connectivity index (χ4n) is 3.82. The second kappa shape index (κ2) is 15.4. The first-order valence-electron chi connectivity index (χ1n) is 13.0. The number of nitro benzene ring substituents is 1. The molecule has 0 amide bonds. The first-order valence-corrected chi connectivity index (χ1v) is 14.5. The van der Waals surface area contributed by atoms with Gasteiger partial charge < -0.3 is 20.0 Å². The number of aliphatic hydroxyl groups is 2. The molecular formula is C27H33N6O8P. The average Bonchev–Trinajstić information content (AvgIpc) is 2.95. The van der Waals surface area contributed by atoms with Crippen LogP contribution in [0, 0.1) is 24.0 Å². The molecule has 0 aliphatic rings. The van der Waals surface area contributed by atoms with Gasteiger partial charge in [-0.3, -0.25) is 19.2 Å². The van der Waals surface area contributed by atoms with Gasteiger partial charge in [0.1, 0.15) is 0 Å². The Morgan fingerprint density at radius 2 is 1.60 bits per heavy atom. The lowest BCUT2D eigenvalue weighted by Crippen LogP contribution is -2.30. The highest BCUT2D eigenvalue weighted by Gasteiger charge is 2.20. The molecule has 3 aromatic rings. The van der Waals surface area contributed by atoms with Gasteiger partial charge in [-0.05, 0) is 74.4 Å². The zero-order valence-electron chi connectivity index (χ0n) is 23.5. The van der Waals surface area contributed by atoms with E-state index in [9.17, 15) is 29.8 Å². The van der Waals surface area contributed by atoms with Crippen molar-refractivity contribution in [3.8, 4) is 0 Å². The van der Waals surface area contributed by atoms with E-state index in [2.05, 4.69) is 25.0 Å². The van der Waals surface area contributed by atoms with Gasteiger partial charge in [-0.2, -0.15) is 15.3 Å². The van der Waals surface area contributed by atoms with E-state index in [1.54, 1.807) is 68.1 Å². The van der Waals surface area contributed by atoms with Crippen molar-refractivity contribution >= 4 is 41.9 Å². The van der Waals surface area contributed by atoms with E-state index in [0.29, 0.717) is 28.2 Å². The van der Waals surface area contributed by atoms with Crippen LogP contribution in [0.1, 0.15) is 23.6 Å². The number of hydrogen-bond donors (Lipinski definition) is 3. The third kappa shape index (κ3) is 9.31. The maximum Gasteiger partial charge on any atom is 0.472 e. The number of nitro groups is 1. The lowest BCUT2D eigenvalue weighted by atomic mass is 10.1. The molecule has 3 N–H and O–H groups in total. The van der Waals surface area contributed by atoms with Crippen molar-refractivity contribution in [2.45, 2.75) is 27.4 Å². The topological polar surface area (TPSA) is 192 Å². The van der Waals surface area contributed by atoms with Crippen molar-refractivity contribution in [1.82, 2.24) is 0 Å². The van der Waals surface area contributed by atoms with E-state index in [1.807, 2.05) is 0 Å². The maximum absolute atomic E-state index is 11.7. The molecule has 1 unspecified atom stereocenters. The molecule has 0 spiro atoms. The third-order valence-electron chi connectivity index (χ3n) is 5.93. The van der Waals surface area contributed by atoms with Crippen LogP contribution in [0.15, 0.2) is 75.1 Å². The monoisotopic (exact) mass is 600 g/mol. The number of phosphoric acid groups is 1. The number of phosphoric ester groups is 1. The van der Waals surface area contributed by atoms with E-state index in [-0.39, 0.29) is 50.9 Å². The van der Waals surface area contributed by atoms with Gasteiger partial charge >= 0.3 is 7.82 Å². The number of nitrogens with zero attached hydrogens (tertiary/aromatic N) is 6. The number of rotatable bonds is 15. The van der Waals surface area contributed by atoms with Crippen molar-refractivity contribution in [3.05, 3.63) is 81.4 Å². The molecule has 0 aliphatic heterocycles. The third-order valence-corrected chi connectivity index (χ3v) is 7.02. The van der Waals surface area contributed by atoms with Crippen LogP contribution in [0.3, 0.4) is 0 Å². The molecule has 3 rings (SSSR count). The van der Waals surface area contributed by atoms with E-state index in [1.165, 1.54) is 12.1 Å². The van der Waals surface area contributed by atoms with Gasteiger partial charge in [0.15, 0.2) is 5.69 Å². The Labute approximate surface area is 242 Å². The molecule has 0 saturated carbocycles. The number of anilines is 1. The summed E-state index contributed by atoms with van der Waals surface area (Å²) in [7, 11) is -4.11. The smallest absolute Gasteiger partial charge is 0.395 e. The summed E-state index contributed by atoms with van der Waals surface area (Å²) in [6, 6.07) is 14.9. The Bertz CT molecular complexity index is 1480. The molecule has 42 heavy (non-hydrogen) atoms. The molecular weight excluding hydrogens is 567 g/mol. The molecule has 15 heteroatoms. The summed E-state index contributed by atoms with van der Waals surface area (Å²) in [5.74, 6) is 0.